The predicted octanol–water partition coefficient (Wildman–Crippen LogP) is 3.60. The fraction of sp³-hybridized carbons (Fsp3) is 0.143. The van der Waals surface area contributed by atoms with E-state index in [1.54, 1.807) is 24.3 Å². The first-order valence-electron chi connectivity index (χ1n) is 5.84. The highest BCUT2D eigenvalue weighted by Gasteiger charge is 2.06. The van der Waals surface area contributed by atoms with Crippen LogP contribution in [0.5, 0.6) is 0 Å². The Bertz CT molecular complexity index is 714. The lowest BCUT2D eigenvalue weighted by Crippen LogP contribution is -2.02. The molecule has 0 aromatic heterocycles. The molecule has 0 fully saturated rings. The van der Waals surface area contributed by atoms with Crippen LogP contribution in [0, 0.1) is 5.82 Å². The Morgan fingerprint density at radius 2 is 1.80 bits per heavy atom. The van der Waals surface area contributed by atoms with E-state index < -0.39 is 9.84 Å². The third-order valence-electron chi connectivity index (χ3n) is 2.78. The number of hydrogen-bond acceptors (Lipinski definition) is 3. The average molecular weight is 358 g/mol. The molecule has 0 radical (unpaired) electrons. The zero-order valence-corrected chi connectivity index (χ0v) is 13.1. The lowest BCUT2D eigenvalue weighted by Gasteiger charge is -2.08. The van der Waals surface area contributed by atoms with Crippen molar-refractivity contribution in [3.63, 3.8) is 0 Å². The lowest BCUT2D eigenvalue weighted by atomic mass is 10.2. The third kappa shape index (κ3) is 3.80. The van der Waals surface area contributed by atoms with Crippen molar-refractivity contribution in [2.75, 3.05) is 11.6 Å². The molecular formula is C14H13BrFNO2S. The number of benzene rings is 2. The molecule has 0 amide bonds. The summed E-state index contributed by atoms with van der Waals surface area (Å²) in [4.78, 5) is 0.262. The first-order chi connectivity index (χ1) is 9.36. The number of hydrogen-bond donors (Lipinski definition) is 1. The van der Waals surface area contributed by atoms with E-state index in [2.05, 4.69) is 21.2 Å². The lowest BCUT2D eigenvalue weighted by molar-refractivity contribution is 0.602. The number of anilines is 1. The van der Waals surface area contributed by atoms with Crippen LogP contribution < -0.4 is 5.32 Å². The Hall–Kier alpha value is -1.40. The maximum atomic E-state index is 13.6. The van der Waals surface area contributed by atoms with Crippen LogP contribution in [0.1, 0.15) is 5.56 Å². The normalized spacial score (nSPS) is 11.3. The number of sulfone groups is 1. The van der Waals surface area contributed by atoms with Crippen molar-refractivity contribution in [1.82, 2.24) is 0 Å². The first kappa shape index (κ1) is 15.0. The molecule has 0 spiro atoms. The van der Waals surface area contributed by atoms with Crippen molar-refractivity contribution >= 4 is 31.5 Å². The highest BCUT2D eigenvalue weighted by atomic mass is 79.9. The molecule has 0 unspecified atom stereocenters. The van der Waals surface area contributed by atoms with Gasteiger partial charge < -0.3 is 5.32 Å². The minimum atomic E-state index is -3.19. The van der Waals surface area contributed by atoms with Crippen LogP contribution in [0.4, 0.5) is 10.1 Å². The second kappa shape index (κ2) is 5.93. The molecule has 0 heterocycles. The van der Waals surface area contributed by atoms with Crippen LogP contribution in [-0.2, 0) is 16.4 Å². The summed E-state index contributed by atoms with van der Waals surface area (Å²) >= 11 is 3.20. The summed E-state index contributed by atoms with van der Waals surface area (Å²) < 4.78 is 37.0. The highest BCUT2D eigenvalue weighted by molar-refractivity contribution is 9.10. The summed E-state index contributed by atoms with van der Waals surface area (Å²) in [6.45, 7) is 0.331. The Morgan fingerprint density at radius 1 is 1.15 bits per heavy atom. The van der Waals surface area contributed by atoms with Gasteiger partial charge in [-0.1, -0.05) is 22.0 Å². The van der Waals surface area contributed by atoms with Gasteiger partial charge in [-0.05, 0) is 36.4 Å². The molecular weight excluding hydrogens is 345 g/mol. The monoisotopic (exact) mass is 357 g/mol. The molecule has 0 aliphatic carbocycles. The Morgan fingerprint density at radius 3 is 2.35 bits per heavy atom. The van der Waals surface area contributed by atoms with E-state index in [9.17, 15) is 12.8 Å². The second-order valence-electron chi connectivity index (χ2n) is 4.39. The van der Waals surface area contributed by atoms with Crippen LogP contribution in [0.3, 0.4) is 0 Å². The van der Waals surface area contributed by atoms with Gasteiger partial charge in [0.2, 0.25) is 0 Å². The molecule has 0 atom stereocenters. The Labute approximate surface area is 125 Å². The molecule has 6 heteroatoms. The molecule has 0 aliphatic heterocycles. The van der Waals surface area contributed by atoms with Gasteiger partial charge in [0, 0.05) is 28.5 Å². The van der Waals surface area contributed by atoms with Crippen molar-refractivity contribution in [1.29, 1.82) is 0 Å². The van der Waals surface area contributed by atoms with Gasteiger partial charge in [0.05, 0.1) is 4.90 Å². The molecule has 3 nitrogen and oxygen atoms in total. The number of halogens is 2. The molecule has 0 bridgehead atoms. The molecule has 1 N–H and O–H groups in total. The predicted molar refractivity (Wildman–Crippen MR) is 81.0 cm³/mol. The largest absolute Gasteiger partial charge is 0.381 e. The van der Waals surface area contributed by atoms with Crippen molar-refractivity contribution in [3.05, 3.63) is 58.3 Å². The number of nitrogens with one attached hydrogen (secondary N) is 1. The number of rotatable bonds is 4. The van der Waals surface area contributed by atoms with Crippen LogP contribution in [0.2, 0.25) is 0 Å². The summed E-state index contributed by atoms with van der Waals surface area (Å²) in [6.07, 6.45) is 1.16. The van der Waals surface area contributed by atoms with Gasteiger partial charge in [-0.25, -0.2) is 12.8 Å². The summed E-state index contributed by atoms with van der Waals surface area (Å²) in [5, 5.41) is 3.05. The van der Waals surface area contributed by atoms with E-state index >= 15 is 0 Å². The highest BCUT2D eigenvalue weighted by Crippen LogP contribution is 2.18. The molecule has 106 valence electrons. The second-order valence-corrected chi connectivity index (χ2v) is 7.32. The molecule has 2 aromatic rings. The van der Waals surface area contributed by atoms with E-state index in [0.29, 0.717) is 16.6 Å². The molecule has 2 rings (SSSR count). The fourth-order valence-corrected chi connectivity index (χ4v) is 2.65. The van der Waals surface area contributed by atoms with Crippen LogP contribution in [0.15, 0.2) is 51.8 Å². The van der Waals surface area contributed by atoms with E-state index in [-0.39, 0.29) is 10.7 Å². The summed E-state index contributed by atoms with van der Waals surface area (Å²) in [6, 6.07) is 11.2. The van der Waals surface area contributed by atoms with E-state index in [0.717, 1.165) is 11.9 Å². The molecule has 0 saturated heterocycles. The van der Waals surface area contributed by atoms with Gasteiger partial charge in [-0.15, -0.1) is 0 Å². The van der Waals surface area contributed by atoms with E-state index in [4.69, 9.17) is 0 Å². The van der Waals surface area contributed by atoms with Gasteiger partial charge in [-0.2, -0.15) is 0 Å². The van der Waals surface area contributed by atoms with Gasteiger partial charge in [0.15, 0.2) is 9.84 Å². The van der Waals surface area contributed by atoms with Gasteiger partial charge >= 0.3 is 0 Å². The van der Waals surface area contributed by atoms with E-state index in [1.165, 1.54) is 18.2 Å². The Balaban J connectivity index is 2.08. The van der Waals surface area contributed by atoms with Crippen LogP contribution in [0.25, 0.3) is 0 Å². The van der Waals surface area contributed by atoms with Crippen LogP contribution in [-0.4, -0.2) is 14.7 Å². The summed E-state index contributed by atoms with van der Waals surface area (Å²) in [5.74, 6) is -0.292. The van der Waals surface area contributed by atoms with Gasteiger partial charge in [0.1, 0.15) is 5.82 Å². The summed E-state index contributed by atoms with van der Waals surface area (Å²) in [5.41, 5.74) is 1.28. The third-order valence-corrected chi connectivity index (χ3v) is 4.40. The zero-order valence-electron chi connectivity index (χ0n) is 10.7. The molecule has 2 aromatic carbocycles. The average Bonchev–Trinajstić information content (AvgIpc) is 2.37. The SMILES string of the molecule is CS(=O)(=O)c1ccc(NCc2ccc(Br)cc2F)cc1. The fourth-order valence-electron chi connectivity index (χ4n) is 1.68. The molecule has 0 aliphatic rings. The molecule has 20 heavy (non-hydrogen) atoms. The smallest absolute Gasteiger partial charge is 0.175 e. The van der Waals surface area contributed by atoms with Gasteiger partial charge in [-0.3, -0.25) is 0 Å². The summed E-state index contributed by atoms with van der Waals surface area (Å²) in [7, 11) is -3.19. The maximum absolute atomic E-state index is 13.6. The first-order valence-corrected chi connectivity index (χ1v) is 8.52. The van der Waals surface area contributed by atoms with Crippen LogP contribution >= 0.6 is 15.9 Å². The standard InChI is InChI=1S/C14H13BrFNO2S/c1-20(18,19)13-6-4-12(5-7-13)17-9-10-2-3-11(15)8-14(10)16/h2-8,17H,9H2,1H3. The minimum absolute atomic E-state index is 0.262. The van der Waals surface area contributed by atoms with E-state index in [1.807, 2.05) is 0 Å². The molecule has 0 saturated carbocycles. The topological polar surface area (TPSA) is 46.2 Å². The van der Waals surface area contributed by atoms with Crippen molar-refractivity contribution < 1.29 is 12.8 Å². The van der Waals surface area contributed by atoms with Gasteiger partial charge in [0.25, 0.3) is 0 Å². The quantitative estimate of drug-likeness (QED) is 0.908. The van der Waals surface area contributed by atoms with Crippen molar-refractivity contribution in [2.24, 2.45) is 0 Å². The van der Waals surface area contributed by atoms with Crippen molar-refractivity contribution in [2.45, 2.75) is 11.4 Å². The Kier molecular flexibility index (Phi) is 4.45. The zero-order chi connectivity index (χ0) is 14.8. The minimum Gasteiger partial charge on any atom is -0.381 e. The maximum Gasteiger partial charge on any atom is 0.175 e. The van der Waals surface area contributed by atoms with Crippen molar-refractivity contribution in [3.8, 4) is 0 Å².